The molecule has 3 N–H and O–H groups in total. The Hall–Kier alpha value is -4.08. The minimum Gasteiger partial charge on any atom is -0.494 e. The maximum Gasteiger partial charge on any atom is 0.329 e. The van der Waals surface area contributed by atoms with E-state index in [-0.39, 0.29) is 11.6 Å². The number of nitrogens with zero attached hydrogens (tertiary/aromatic N) is 1. The molecule has 3 rings (SSSR count). The molecule has 198 valence electrons. The van der Waals surface area contributed by atoms with Crippen molar-refractivity contribution < 1.29 is 23.9 Å². The number of benzene rings is 3. The highest BCUT2D eigenvalue weighted by Gasteiger charge is 2.13. The van der Waals surface area contributed by atoms with E-state index in [2.05, 4.69) is 28.1 Å². The predicted molar refractivity (Wildman–Crippen MR) is 148 cm³/mol. The third-order valence-electron chi connectivity index (χ3n) is 4.92. The normalized spacial score (nSPS) is 10.6. The van der Waals surface area contributed by atoms with E-state index in [9.17, 15) is 14.4 Å². The number of nitrogens with one attached hydrogen (secondary N) is 3. The standard InChI is InChI=1S/C27H26Cl2N4O5/c1-2-3-14-37-20-12-10-19(11-13-20)31-26(35)27(36)33-30-16-18-6-4-7-21(15-18)38-17-24(34)32-23-9-5-8-22(28)25(23)29/h4-13,15-16H,2-3,14,17H2,1H3,(H,31,35)(H,32,34)(H,33,36)/b30-16-. The average Bonchev–Trinajstić information content (AvgIpc) is 2.91. The number of carbonyl (C=O) groups is 3. The third-order valence-corrected chi connectivity index (χ3v) is 5.74. The lowest BCUT2D eigenvalue weighted by Crippen LogP contribution is -2.32. The van der Waals surface area contributed by atoms with E-state index in [1.54, 1.807) is 66.7 Å². The molecular weight excluding hydrogens is 531 g/mol. The molecule has 0 fully saturated rings. The van der Waals surface area contributed by atoms with Crippen molar-refractivity contribution in [1.29, 1.82) is 0 Å². The number of carbonyl (C=O) groups excluding carboxylic acids is 3. The van der Waals surface area contributed by atoms with Crippen LogP contribution in [0.4, 0.5) is 11.4 Å². The number of hydrogen-bond donors (Lipinski definition) is 3. The van der Waals surface area contributed by atoms with E-state index in [0.29, 0.717) is 40.1 Å². The Balaban J connectivity index is 1.45. The van der Waals surface area contributed by atoms with Crippen molar-refractivity contribution in [2.75, 3.05) is 23.8 Å². The highest BCUT2D eigenvalue weighted by atomic mass is 35.5. The maximum atomic E-state index is 12.2. The van der Waals surface area contributed by atoms with Gasteiger partial charge >= 0.3 is 11.8 Å². The molecule has 0 atom stereocenters. The summed E-state index contributed by atoms with van der Waals surface area (Å²) in [4.78, 5) is 36.4. The van der Waals surface area contributed by atoms with Crippen molar-refractivity contribution in [2.45, 2.75) is 19.8 Å². The zero-order chi connectivity index (χ0) is 27.3. The van der Waals surface area contributed by atoms with Crippen molar-refractivity contribution in [3.05, 3.63) is 82.3 Å². The van der Waals surface area contributed by atoms with Gasteiger partial charge in [-0.1, -0.05) is 54.7 Å². The fourth-order valence-corrected chi connectivity index (χ4v) is 3.34. The number of unbranched alkanes of at least 4 members (excludes halogenated alkanes) is 1. The number of anilines is 2. The number of hydrogen-bond acceptors (Lipinski definition) is 6. The van der Waals surface area contributed by atoms with Gasteiger partial charge in [-0.3, -0.25) is 14.4 Å². The molecule has 0 saturated carbocycles. The topological polar surface area (TPSA) is 118 Å². The summed E-state index contributed by atoms with van der Waals surface area (Å²) >= 11 is 12.0. The van der Waals surface area contributed by atoms with Crippen LogP contribution >= 0.6 is 23.2 Å². The van der Waals surface area contributed by atoms with Crippen LogP contribution in [0.25, 0.3) is 0 Å². The van der Waals surface area contributed by atoms with Gasteiger partial charge in [-0.05, 0) is 60.5 Å². The maximum absolute atomic E-state index is 12.2. The second-order valence-electron chi connectivity index (χ2n) is 7.89. The van der Waals surface area contributed by atoms with E-state index < -0.39 is 17.7 Å². The van der Waals surface area contributed by atoms with Gasteiger partial charge < -0.3 is 20.1 Å². The summed E-state index contributed by atoms with van der Waals surface area (Å²) in [6.45, 7) is 2.42. The molecule has 3 aromatic rings. The van der Waals surface area contributed by atoms with Gasteiger partial charge in [-0.25, -0.2) is 5.43 Å². The summed E-state index contributed by atoms with van der Waals surface area (Å²) in [5.41, 5.74) is 3.56. The first-order valence-corrected chi connectivity index (χ1v) is 12.4. The van der Waals surface area contributed by atoms with E-state index in [4.69, 9.17) is 32.7 Å². The first-order chi connectivity index (χ1) is 18.4. The molecule has 3 amide bonds. The second kappa shape index (κ2) is 14.6. The Morgan fingerprint density at radius 1 is 0.895 bits per heavy atom. The molecule has 0 radical (unpaired) electrons. The highest BCUT2D eigenvalue weighted by molar-refractivity contribution is 6.44. The molecule has 0 aliphatic heterocycles. The van der Waals surface area contributed by atoms with Crippen molar-refractivity contribution >= 4 is 58.5 Å². The lowest BCUT2D eigenvalue weighted by molar-refractivity contribution is -0.136. The Bertz CT molecular complexity index is 1300. The molecule has 0 spiro atoms. The van der Waals surface area contributed by atoms with Crippen molar-refractivity contribution in [3.8, 4) is 11.5 Å². The van der Waals surface area contributed by atoms with Crippen LogP contribution in [0.2, 0.25) is 10.0 Å². The van der Waals surface area contributed by atoms with Crippen LogP contribution in [0.3, 0.4) is 0 Å². The Labute approximate surface area is 230 Å². The first-order valence-electron chi connectivity index (χ1n) is 11.7. The van der Waals surface area contributed by atoms with E-state index >= 15 is 0 Å². The number of amides is 3. The Kier molecular flexibility index (Phi) is 11.0. The van der Waals surface area contributed by atoms with Gasteiger partial charge in [-0.2, -0.15) is 5.10 Å². The van der Waals surface area contributed by atoms with Gasteiger partial charge in [-0.15, -0.1) is 0 Å². The van der Waals surface area contributed by atoms with Gasteiger partial charge in [0.15, 0.2) is 6.61 Å². The SMILES string of the molecule is CCCCOc1ccc(NC(=O)C(=O)N/N=C\c2cccc(OCC(=O)Nc3cccc(Cl)c3Cl)c2)cc1. The molecule has 0 aromatic heterocycles. The van der Waals surface area contributed by atoms with Gasteiger partial charge in [0.25, 0.3) is 5.91 Å². The van der Waals surface area contributed by atoms with Gasteiger partial charge in [0.1, 0.15) is 11.5 Å². The van der Waals surface area contributed by atoms with E-state index in [1.807, 2.05) is 0 Å². The zero-order valence-corrected chi connectivity index (χ0v) is 22.0. The molecule has 0 heterocycles. The van der Waals surface area contributed by atoms with Crippen LogP contribution in [-0.4, -0.2) is 37.1 Å². The smallest absolute Gasteiger partial charge is 0.329 e. The summed E-state index contributed by atoms with van der Waals surface area (Å²) in [6, 6.07) is 18.3. The summed E-state index contributed by atoms with van der Waals surface area (Å²) < 4.78 is 11.1. The molecule has 0 aliphatic carbocycles. The monoisotopic (exact) mass is 556 g/mol. The molecular formula is C27H26Cl2N4O5. The minimum atomic E-state index is -0.937. The van der Waals surface area contributed by atoms with Crippen LogP contribution in [-0.2, 0) is 14.4 Å². The number of ether oxygens (including phenoxy) is 2. The van der Waals surface area contributed by atoms with E-state index in [1.165, 1.54) is 6.21 Å². The predicted octanol–water partition coefficient (Wildman–Crippen LogP) is 5.28. The van der Waals surface area contributed by atoms with E-state index in [0.717, 1.165) is 12.8 Å². The average molecular weight is 557 g/mol. The molecule has 0 saturated heterocycles. The molecule has 0 unspecified atom stereocenters. The third kappa shape index (κ3) is 9.10. The van der Waals surface area contributed by atoms with Crippen molar-refractivity contribution in [1.82, 2.24) is 5.43 Å². The van der Waals surface area contributed by atoms with Crippen LogP contribution in [0.15, 0.2) is 71.8 Å². The molecule has 0 aliphatic rings. The van der Waals surface area contributed by atoms with Gasteiger partial charge in [0.05, 0.1) is 28.6 Å². The Morgan fingerprint density at radius 2 is 1.66 bits per heavy atom. The van der Waals surface area contributed by atoms with Crippen molar-refractivity contribution in [3.63, 3.8) is 0 Å². The summed E-state index contributed by atoms with van der Waals surface area (Å²) in [5.74, 6) is -1.15. The van der Waals surface area contributed by atoms with Crippen LogP contribution in [0.5, 0.6) is 11.5 Å². The van der Waals surface area contributed by atoms with Gasteiger partial charge in [0.2, 0.25) is 0 Å². The fraction of sp³-hybridized carbons (Fsp3) is 0.185. The second-order valence-corrected chi connectivity index (χ2v) is 8.68. The number of rotatable bonds is 11. The molecule has 38 heavy (non-hydrogen) atoms. The van der Waals surface area contributed by atoms with Crippen LogP contribution < -0.4 is 25.5 Å². The molecule has 11 heteroatoms. The van der Waals surface area contributed by atoms with Gasteiger partial charge in [0, 0.05) is 5.69 Å². The first kappa shape index (κ1) is 28.5. The lowest BCUT2D eigenvalue weighted by atomic mass is 10.2. The summed E-state index contributed by atoms with van der Waals surface area (Å²) in [5, 5.41) is 9.48. The number of hydrazone groups is 1. The fourth-order valence-electron chi connectivity index (χ4n) is 2.99. The van der Waals surface area contributed by atoms with Crippen LogP contribution in [0, 0.1) is 0 Å². The zero-order valence-electron chi connectivity index (χ0n) is 20.5. The van der Waals surface area contributed by atoms with Crippen LogP contribution in [0.1, 0.15) is 25.3 Å². The van der Waals surface area contributed by atoms with Crippen molar-refractivity contribution in [2.24, 2.45) is 5.10 Å². The highest BCUT2D eigenvalue weighted by Crippen LogP contribution is 2.29. The quantitative estimate of drug-likeness (QED) is 0.128. The largest absolute Gasteiger partial charge is 0.494 e. The lowest BCUT2D eigenvalue weighted by Gasteiger charge is -2.09. The number of halogens is 2. The summed E-state index contributed by atoms with van der Waals surface area (Å²) in [7, 11) is 0. The molecule has 0 bridgehead atoms. The summed E-state index contributed by atoms with van der Waals surface area (Å²) in [6.07, 6.45) is 3.33. The molecule has 9 nitrogen and oxygen atoms in total. The Morgan fingerprint density at radius 3 is 2.42 bits per heavy atom. The minimum absolute atomic E-state index is 0.238. The molecule has 3 aromatic carbocycles.